The van der Waals surface area contributed by atoms with E-state index in [2.05, 4.69) is 10.1 Å². The lowest BCUT2D eigenvalue weighted by Gasteiger charge is -2.26. The summed E-state index contributed by atoms with van der Waals surface area (Å²) < 4.78 is 4.64. The second-order valence-corrected chi connectivity index (χ2v) is 4.13. The Morgan fingerprint density at radius 2 is 1.93 bits per heavy atom. The van der Waals surface area contributed by atoms with Crippen LogP contribution >= 0.6 is 0 Å². The fraction of sp³-hybridized carbons (Fsp3) is 0.417. The Balaban J connectivity index is 2.60. The predicted octanol–water partition coefficient (Wildman–Crippen LogP) is 2.44. The molecule has 0 spiro atoms. The summed E-state index contributed by atoms with van der Waals surface area (Å²) >= 11 is 0. The van der Waals surface area contributed by atoms with E-state index in [9.17, 15) is 4.79 Å². The van der Waals surface area contributed by atoms with Crippen LogP contribution in [0.3, 0.4) is 0 Å². The minimum absolute atomic E-state index is 0.205. The van der Waals surface area contributed by atoms with Crippen LogP contribution in [0.2, 0.25) is 0 Å². The maximum Gasteiger partial charge on any atom is 0.307 e. The SMILES string of the molecule is COC(=O)CC(C)(C)Nc1ccccc1. The van der Waals surface area contributed by atoms with E-state index in [1.54, 1.807) is 0 Å². The van der Waals surface area contributed by atoms with E-state index in [1.165, 1.54) is 7.11 Å². The van der Waals surface area contributed by atoms with Gasteiger partial charge in [-0.15, -0.1) is 0 Å². The number of nitrogens with one attached hydrogen (secondary N) is 1. The summed E-state index contributed by atoms with van der Waals surface area (Å²) in [6, 6.07) is 9.81. The molecule has 0 bridgehead atoms. The van der Waals surface area contributed by atoms with Crippen molar-refractivity contribution in [3.8, 4) is 0 Å². The van der Waals surface area contributed by atoms with Gasteiger partial charge in [0.1, 0.15) is 0 Å². The van der Waals surface area contributed by atoms with E-state index in [4.69, 9.17) is 0 Å². The summed E-state index contributed by atoms with van der Waals surface area (Å²) in [6.07, 6.45) is 0.346. The van der Waals surface area contributed by atoms with Crippen LogP contribution in [-0.2, 0) is 9.53 Å². The van der Waals surface area contributed by atoms with Crippen LogP contribution in [0.4, 0.5) is 5.69 Å². The Bertz CT molecular complexity index is 320. The lowest BCUT2D eigenvalue weighted by atomic mass is 10.0. The number of ether oxygens (including phenoxy) is 1. The zero-order valence-corrected chi connectivity index (χ0v) is 9.41. The molecule has 0 fully saturated rings. The minimum atomic E-state index is -0.297. The molecule has 0 atom stereocenters. The van der Waals surface area contributed by atoms with Crippen LogP contribution < -0.4 is 5.32 Å². The zero-order valence-electron chi connectivity index (χ0n) is 9.41. The van der Waals surface area contributed by atoms with Crippen LogP contribution in [0.1, 0.15) is 20.3 Å². The van der Waals surface area contributed by atoms with Crippen LogP contribution in [0, 0.1) is 0 Å². The van der Waals surface area contributed by atoms with Crippen molar-refractivity contribution in [3.63, 3.8) is 0 Å². The molecular formula is C12H17NO2. The highest BCUT2D eigenvalue weighted by molar-refractivity contribution is 5.71. The van der Waals surface area contributed by atoms with Crippen molar-refractivity contribution in [2.24, 2.45) is 0 Å². The summed E-state index contributed by atoms with van der Waals surface area (Å²) in [5, 5.41) is 3.28. The fourth-order valence-corrected chi connectivity index (χ4v) is 1.39. The van der Waals surface area contributed by atoms with Gasteiger partial charge in [0.05, 0.1) is 13.5 Å². The smallest absolute Gasteiger partial charge is 0.307 e. The van der Waals surface area contributed by atoms with Gasteiger partial charge in [-0.2, -0.15) is 0 Å². The number of hydrogen-bond donors (Lipinski definition) is 1. The monoisotopic (exact) mass is 207 g/mol. The summed E-state index contributed by atoms with van der Waals surface area (Å²) in [7, 11) is 1.40. The topological polar surface area (TPSA) is 38.3 Å². The summed E-state index contributed by atoms with van der Waals surface area (Å²) in [6.45, 7) is 3.94. The van der Waals surface area contributed by atoms with E-state index in [-0.39, 0.29) is 11.5 Å². The molecule has 0 aromatic heterocycles. The molecule has 0 aliphatic rings. The van der Waals surface area contributed by atoms with Gasteiger partial charge in [-0.1, -0.05) is 18.2 Å². The summed E-state index contributed by atoms with van der Waals surface area (Å²) in [4.78, 5) is 11.2. The first-order valence-electron chi connectivity index (χ1n) is 4.93. The second-order valence-electron chi connectivity index (χ2n) is 4.13. The molecule has 0 aliphatic carbocycles. The Morgan fingerprint density at radius 3 is 2.47 bits per heavy atom. The Morgan fingerprint density at radius 1 is 1.33 bits per heavy atom. The standard InChI is InChI=1S/C12H17NO2/c1-12(2,9-11(14)15-3)13-10-7-5-4-6-8-10/h4-8,13H,9H2,1-3H3. The number of methoxy groups -OCH3 is 1. The van der Waals surface area contributed by atoms with E-state index < -0.39 is 0 Å². The maximum absolute atomic E-state index is 11.2. The van der Waals surface area contributed by atoms with E-state index in [1.807, 2.05) is 44.2 Å². The highest BCUT2D eigenvalue weighted by atomic mass is 16.5. The third-order valence-electron chi connectivity index (χ3n) is 2.07. The molecule has 0 saturated carbocycles. The number of benzene rings is 1. The third kappa shape index (κ3) is 4.02. The minimum Gasteiger partial charge on any atom is -0.469 e. The van der Waals surface area contributed by atoms with Gasteiger partial charge in [0.25, 0.3) is 0 Å². The van der Waals surface area contributed by atoms with E-state index in [0.29, 0.717) is 6.42 Å². The molecule has 0 aliphatic heterocycles. The van der Waals surface area contributed by atoms with Crippen molar-refractivity contribution in [1.29, 1.82) is 0 Å². The van der Waals surface area contributed by atoms with Crippen LogP contribution in [0.15, 0.2) is 30.3 Å². The summed E-state index contributed by atoms with van der Waals surface area (Å²) in [5.74, 6) is -0.205. The molecule has 15 heavy (non-hydrogen) atoms. The van der Waals surface area contributed by atoms with Gasteiger partial charge in [-0.3, -0.25) is 4.79 Å². The number of para-hydroxylation sites is 1. The third-order valence-corrected chi connectivity index (χ3v) is 2.07. The molecule has 1 aromatic carbocycles. The zero-order chi connectivity index (χ0) is 11.3. The average Bonchev–Trinajstić information content (AvgIpc) is 2.17. The summed E-state index contributed by atoms with van der Waals surface area (Å²) in [5.41, 5.74) is 0.709. The van der Waals surface area contributed by atoms with Crippen molar-refractivity contribution >= 4 is 11.7 Å². The molecule has 0 amide bonds. The van der Waals surface area contributed by atoms with Gasteiger partial charge in [0.2, 0.25) is 0 Å². The lowest BCUT2D eigenvalue weighted by molar-refractivity contribution is -0.141. The number of carbonyl (C=O) groups is 1. The van der Waals surface area contributed by atoms with E-state index >= 15 is 0 Å². The first-order valence-corrected chi connectivity index (χ1v) is 4.93. The molecule has 1 aromatic rings. The van der Waals surface area contributed by atoms with Crippen LogP contribution in [0.5, 0.6) is 0 Å². The highest BCUT2D eigenvalue weighted by Gasteiger charge is 2.21. The van der Waals surface area contributed by atoms with Crippen molar-refractivity contribution in [3.05, 3.63) is 30.3 Å². The first-order chi connectivity index (χ1) is 7.03. The molecule has 0 heterocycles. The fourth-order valence-electron chi connectivity index (χ4n) is 1.39. The molecule has 0 saturated heterocycles. The van der Waals surface area contributed by atoms with Crippen LogP contribution in [-0.4, -0.2) is 18.6 Å². The molecule has 3 heteroatoms. The molecule has 82 valence electrons. The number of hydrogen-bond acceptors (Lipinski definition) is 3. The number of anilines is 1. The molecule has 1 N–H and O–H groups in total. The predicted molar refractivity (Wildman–Crippen MR) is 60.8 cm³/mol. The maximum atomic E-state index is 11.2. The van der Waals surface area contributed by atoms with Gasteiger partial charge < -0.3 is 10.1 Å². The molecule has 1 rings (SSSR count). The van der Waals surface area contributed by atoms with Crippen molar-refractivity contribution < 1.29 is 9.53 Å². The molecule has 0 unspecified atom stereocenters. The van der Waals surface area contributed by atoms with Crippen molar-refractivity contribution in [2.75, 3.05) is 12.4 Å². The number of rotatable bonds is 4. The van der Waals surface area contributed by atoms with Gasteiger partial charge in [-0.05, 0) is 26.0 Å². The largest absolute Gasteiger partial charge is 0.469 e. The molecule has 3 nitrogen and oxygen atoms in total. The number of esters is 1. The highest BCUT2D eigenvalue weighted by Crippen LogP contribution is 2.17. The quantitative estimate of drug-likeness (QED) is 0.771. The lowest BCUT2D eigenvalue weighted by Crippen LogP contribution is -2.34. The van der Waals surface area contributed by atoms with Crippen LogP contribution in [0.25, 0.3) is 0 Å². The van der Waals surface area contributed by atoms with Crippen molar-refractivity contribution in [2.45, 2.75) is 25.8 Å². The number of carbonyl (C=O) groups excluding carboxylic acids is 1. The van der Waals surface area contributed by atoms with Crippen molar-refractivity contribution in [1.82, 2.24) is 0 Å². The average molecular weight is 207 g/mol. The van der Waals surface area contributed by atoms with Gasteiger partial charge in [0.15, 0.2) is 0 Å². The normalized spacial score (nSPS) is 10.9. The Labute approximate surface area is 90.4 Å². The van der Waals surface area contributed by atoms with Gasteiger partial charge in [0, 0.05) is 11.2 Å². The molecular weight excluding hydrogens is 190 g/mol. The molecule has 0 radical (unpaired) electrons. The van der Waals surface area contributed by atoms with E-state index in [0.717, 1.165) is 5.69 Å². The first kappa shape index (κ1) is 11.6. The van der Waals surface area contributed by atoms with Gasteiger partial charge in [-0.25, -0.2) is 0 Å². The second kappa shape index (κ2) is 4.82. The Kier molecular flexibility index (Phi) is 3.72. The van der Waals surface area contributed by atoms with Gasteiger partial charge >= 0.3 is 5.97 Å². The Hall–Kier alpha value is -1.51.